The van der Waals surface area contributed by atoms with E-state index in [0.29, 0.717) is 6.61 Å². The van der Waals surface area contributed by atoms with Crippen molar-refractivity contribution < 1.29 is 9.53 Å². The van der Waals surface area contributed by atoms with E-state index < -0.39 is 5.97 Å². The highest BCUT2D eigenvalue weighted by Gasteiger charge is 2.12. The number of allylic oxidation sites excluding steroid dienone is 1. The molecule has 3 heteroatoms. The number of hydrogen-bond donors (Lipinski definition) is 0. The van der Waals surface area contributed by atoms with Crippen LogP contribution in [0.3, 0.4) is 0 Å². The average molecular weight is 181 g/mol. The minimum absolute atomic E-state index is 0.156. The fourth-order valence-corrected chi connectivity index (χ4v) is 1.02. The van der Waals surface area contributed by atoms with Gasteiger partial charge in [0.15, 0.2) is 0 Å². The van der Waals surface area contributed by atoms with Crippen molar-refractivity contribution in [2.24, 2.45) is 0 Å². The molecule has 0 amide bonds. The number of carbonyl (C=O) groups is 1. The number of nitriles is 1. The van der Waals surface area contributed by atoms with Crippen LogP contribution in [-0.4, -0.2) is 12.6 Å². The summed E-state index contributed by atoms with van der Waals surface area (Å²) in [6.45, 7) is 5.83. The van der Waals surface area contributed by atoms with E-state index in [2.05, 4.69) is 0 Å². The molecule has 0 aliphatic rings. The first-order chi connectivity index (χ1) is 6.17. The molecule has 0 saturated carbocycles. The largest absolute Gasteiger partial charge is 0.462 e. The van der Waals surface area contributed by atoms with Crippen LogP contribution in [0, 0.1) is 11.3 Å². The molecular formula is C10H15NO2. The second-order valence-corrected chi connectivity index (χ2v) is 2.74. The highest BCUT2D eigenvalue weighted by Crippen LogP contribution is 2.11. The van der Waals surface area contributed by atoms with Crippen LogP contribution in [-0.2, 0) is 9.53 Å². The third kappa shape index (κ3) is 3.75. The Balaban J connectivity index is 4.59. The molecule has 0 spiro atoms. The summed E-state index contributed by atoms with van der Waals surface area (Å²) < 4.78 is 4.74. The number of esters is 1. The van der Waals surface area contributed by atoms with Crippen molar-refractivity contribution in [3.63, 3.8) is 0 Å². The lowest BCUT2D eigenvalue weighted by atomic mass is 10.1. The maximum absolute atomic E-state index is 11.2. The Labute approximate surface area is 79.0 Å². The lowest BCUT2D eigenvalue weighted by Gasteiger charge is -2.03. The maximum atomic E-state index is 11.2. The zero-order valence-corrected chi connectivity index (χ0v) is 8.39. The summed E-state index contributed by atoms with van der Waals surface area (Å²) in [4.78, 5) is 11.2. The number of nitrogens with zero attached hydrogens (tertiary/aromatic N) is 1. The minimum atomic E-state index is -0.504. The topological polar surface area (TPSA) is 50.1 Å². The van der Waals surface area contributed by atoms with Gasteiger partial charge in [-0.15, -0.1) is 0 Å². The van der Waals surface area contributed by atoms with Crippen LogP contribution < -0.4 is 0 Å². The Hall–Kier alpha value is -1.30. The summed E-state index contributed by atoms with van der Waals surface area (Å²) in [5.74, 6) is -0.504. The van der Waals surface area contributed by atoms with E-state index in [4.69, 9.17) is 10.00 Å². The van der Waals surface area contributed by atoms with Crippen LogP contribution in [0.4, 0.5) is 0 Å². The van der Waals surface area contributed by atoms with Crippen LogP contribution in [0.15, 0.2) is 11.1 Å². The second-order valence-electron chi connectivity index (χ2n) is 2.74. The highest BCUT2D eigenvalue weighted by molar-refractivity contribution is 5.93. The van der Waals surface area contributed by atoms with Gasteiger partial charge in [0.25, 0.3) is 0 Å². The summed E-state index contributed by atoms with van der Waals surface area (Å²) in [6, 6.07) is 1.88. The fraction of sp³-hybridized carbons (Fsp3) is 0.600. The molecule has 0 rings (SSSR count). The van der Waals surface area contributed by atoms with Gasteiger partial charge in [0.2, 0.25) is 0 Å². The van der Waals surface area contributed by atoms with Gasteiger partial charge < -0.3 is 4.74 Å². The predicted octanol–water partition coefficient (Wildman–Crippen LogP) is 2.19. The summed E-state index contributed by atoms with van der Waals surface area (Å²) in [7, 11) is 0. The van der Waals surface area contributed by atoms with Gasteiger partial charge in [-0.3, -0.25) is 0 Å². The predicted molar refractivity (Wildman–Crippen MR) is 49.9 cm³/mol. The summed E-state index contributed by atoms with van der Waals surface area (Å²) in [5.41, 5.74) is 0.965. The maximum Gasteiger partial charge on any atom is 0.348 e. The molecule has 0 aromatic carbocycles. The van der Waals surface area contributed by atoms with Crippen molar-refractivity contribution in [2.75, 3.05) is 6.61 Å². The molecule has 3 nitrogen and oxygen atoms in total. The Kier molecular flexibility index (Phi) is 5.62. The zero-order valence-electron chi connectivity index (χ0n) is 8.39. The van der Waals surface area contributed by atoms with Crippen LogP contribution in [0.1, 0.15) is 33.6 Å². The molecule has 13 heavy (non-hydrogen) atoms. The third-order valence-corrected chi connectivity index (χ3v) is 1.64. The molecule has 72 valence electrons. The third-order valence-electron chi connectivity index (χ3n) is 1.64. The SMILES string of the molecule is CCCC(C)=C(C#N)C(=O)OCC. The normalized spacial score (nSPS) is 11.5. The molecule has 0 N–H and O–H groups in total. The number of hydrogen-bond acceptors (Lipinski definition) is 3. The van der Waals surface area contributed by atoms with E-state index in [1.165, 1.54) is 0 Å². The molecule has 0 aliphatic carbocycles. The second kappa shape index (κ2) is 6.24. The van der Waals surface area contributed by atoms with Crippen molar-refractivity contribution in [3.05, 3.63) is 11.1 Å². The van der Waals surface area contributed by atoms with Crippen molar-refractivity contribution >= 4 is 5.97 Å². The first kappa shape index (κ1) is 11.7. The smallest absolute Gasteiger partial charge is 0.348 e. The van der Waals surface area contributed by atoms with Crippen LogP contribution >= 0.6 is 0 Å². The van der Waals surface area contributed by atoms with E-state index in [1.54, 1.807) is 13.8 Å². The van der Waals surface area contributed by atoms with Gasteiger partial charge in [-0.05, 0) is 25.8 Å². The molecule has 0 bridgehead atoms. The molecule has 0 heterocycles. The van der Waals surface area contributed by atoms with Crippen LogP contribution in [0.5, 0.6) is 0 Å². The first-order valence-corrected chi connectivity index (χ1v) is 4.44. The van der Waals surface area contributed by atoms with E-state index in [0.717, 1.165) is 18.4 Å². The van der Waals surface area contributed by atoms with Gasteiger partial charge in [-0.2, -0.15) is 5.26 Å². The van der Waals surface area contributed by atoms with E-state index in [9.17, 15) is 4.79 Å². The summed E-state index contributed by atoms with van der Waals surface area (Å²) in [6.07, 6.45) is 1.69. The van der Waals surface area contributed by atoms with Crippen molar-refractivity contribution in [3.8, 4) is 6.07 Å². The molecule has 0 aliphatic heterocycles. The standard InChI is InChI=1S/C10H15NO2/c1-4-6-8(3)9(7-11)10(12)13-5-2/h4-6H2,1-3H3. The van der Waals surface area contributed by atoms with Gasteiger partial charge in [-0.25, -0.2) is 4.79 Å². The van der Waals surface area contributed by atoms with Gasteiger partial charge in [-0.1, -0.05) is 13.3 Å². The van der Waals surface area contributed by atoms with E-state index in [1.807, 2.05) is 13.0 Å². The first-order valence-electron chi connectivity index (χ1n) is 4.44. The number of carbonyl (C=O) groups excluding carboxylic acids is 1. The minimum Gasteiger partial charge on any atom is -0.462 e. The quantitative estimate of drug-likeness (QED) is 0.379. The zero-order chi connectivity index (χ0) is 10.3. The van der Waals surface area contributed by atoms with Gasteiger partial charge in [0.05, 0.1) is 6.61 Å². The lowest BCUT2D eigenvalue weighted by Crippen LogP contribution is -2.08. The number of ether oxygens (including phenoxy) is 1. The van der Waals surface area contributed by atoms with Gasteiger partial charge >= 0.3 is 5.97 Å². The molecule has 0 aromatic rings. The van der Waals surface area contributed by atoms with Crippen molar-refractivity contribution in [2.45, 2.75) is 33.6 Å². The molecular weight excluding hydrogens is 166 g/mol. The van der Waals surface area contributed by atoms with Crippen molar-refractivity contribution in [1.82, 2.24) is 0 Å². The monoisotopic (exact) mass is 181 g/mol. The molecule has 0 fully saturated rings. The molecule has 0 radical (unpaired) electrons. The summed E-state index contributed by atoms with van der Waals surface area (Å²) >= 11 is 0. The van der Waals surface area contributed by atoms with E-state index in [-0.39, 0.29) is 5.57 Å². The van der Waals surface area contributed by atoms with Gasteiger partial charge in [0.1, 0.15) is 11.6 Å². The molecule has 0 saturated heterocycles. The van der Waals surface area contributed by atoms with Gasteiger partial charge in [0, 0.05) is 0 Å². The van der Waals surface area contributed by atoms with Crippen molar-refractivity contribution in [1.29, 1.82) is 5.26 Å². The number of rotatable bonds is 4. The highest BCUT2D eigenvalue weighted by atomic mass is 16.5. The fourth-order valence-electron chi connectivity index (χ4n) is 1.02. The lowest BCUT2D eigenvalue weighted by molar-refractivity contribution is -0.138. The Morgan fingerprint density at radius 1 is 1.46 bits per heavy atom. The molecule has 0 aromatic heterocycles. The average Bonchev–Trinajstić information content (AvgIpc) is 2.06. The van der Waals surface area contributed by atoms with Crippen LogP contribution in [0.25, 0.3) is 0 Å². The molecule has 0 atom stereocenters. The summed E-state index contributed by atoms with van der Waals surface area (Å²) in [5, 5.41) is 8.71. The Bertz CT molecular complexity index is 248. The Morgan fingerprint density at radius 3 is 2.46 bits per heavy atom. The Morgan fingerprint density at radius 2 is 2.08 bits per heavy atom. The van der Waals surface area contributed by atoms with E-state index >= 15 is 0 Å². The molecule has 0 unspecified atom stereocenters. The van der Waals surface area contributed by atoms with Crippen LogP contribution in [0.2, 0.25) is 0 Å².